The van der Waals surface area contributed by atoms with Gasteiger partial charge in [-0.2, -0.15) is 0 Å². The largest absolute Gasteiger partial charge is 0.224 e. The monoisotopic (exact) mass is 316 g/mol. The molecule has 0 radical (unpaired) electrons. The van der Waals surface area contributed by atoms with E-state index in [2.05, 4.69) is 29.8 Å². The molecule has 17 heavy (non-hydrogen) atoms. The van der Waals surface area contributed by atoms with Gasteiger partial charge in [0.1, 0.15) is 0 Å². The van der Waals surface area contributed by atoms with Crippen LogP contribution in [0.4, 0.5) is 0 Å². The molecule has 2 rings (SSSR count). The summed E-state index contributed by atoms with van der Waals surface area (Å²) in [6, 6.07) is 1.91. The van der Waals surface area contributed by atoms with E-state index < -0.39 is 9.84 Å². The molecular formula is C13H17BrO2S. The van der Waals surface area contributed by atoms with Crippen LogP contribution in [0.25, 0.3) is 0 Å². The normalized spacial score (nSPS) is 21.0. The summed E-state index contributed by atoms with van der Waals surface area (Å²) >= 11 is 3.52. The third-order valence-corrected chi connectivity index (χ3v) is 6.36. The van der Waals surface area contributed by atoms with Crippen LogP contribution in [0.3, 0.4) is 0 Å². The van der Waals surface area contributed by atoms with Crippen molar-refractivity contribution < 1.29 is 8.42 Å². The Bertz CT molecular complexity index is 586. The molecule has 1 aliphatic heterocycles. The lowest BCUT2D eigenvalue weighted by Crippen LogP contribution is -2.32. The van der Waals surface area contributed by atoms with Crippen LogP contribution in [0, 0.1) is 13.8 Å². The number of hydrogen-bond acceptors (Lipinski definition) is 2. The van der Waals surface area contributed by atoms with Crippen molar-refractivity contribution in [2.24, 2.45) is 0 Å². The van der Waals surface area contributed by atoms with E-state index in [-0.39, 0.29) is 11.2 Å². The Kier molecular flexibility index (Phi) is 2.94. The van der Waals surface area contributed by atoms with Crippen molar-refractivity contribution in [3.63, 3.8) is 0 Å². The van der Waals surface area contributed by atoms with Crippen molar-refractivity contribution >= 4 is 25.8 Å². The minimum absolute atomic E-state index is 0.0702. The molecular weight excluding hydrogens is 300 g/mol. The first-order valence-corrected chi connectivity index (χ1v) is 8.14. The average Bonchev–Trinajstić information content (AvgIpc) is 2.18. The molecule has 1 heterocycles. The summed E-state index contributed by atoms with van der Waals surface area (Å²) in [6.45, 7) is 8.12. The number of fused-ring (bicyclic) bond motifs is 1. The van der Waals surface area contributed by atoms with Crippen LogP contribution in [0.2, 0.25) is 0 Å². The molecule has 0 aromatic heterocycles. The fraction of sp³-hybridized carbons (Fsp3) is 0.538. The van der Waals surface area contributed by atoms with Gasteiger partial charge in [-0.3, -0.25) is 0 Å². The fourth-order valence-corrected chi connectivity index (χ4v) is 5.50. The summed E-state index contributed by atoms with van der Waals surface area (Å²) < 4.78 is 25.5. The zero-order chi connectivity index (χ0) is 13.0. The molecule has 0 amide bonds. The molecule has 0 fully saturated rings. The molecule has 1 aromatic rings. The van der Waals surface area contributed by atoms with Gasteiger partial charge in [0.2, 0.25) is 0 Å². The van der Waals surface area contributed by atoms with Crippen molar-refractivity contribution in [1.29, 1.82) is 0 Å². The minimum Gasteiger partial charge on any atom is -0.224 e. The van der Waals surface area contributed by atoms with E-state index in [1.807, 2.05) is 19.9 Å². The maximum absolute atomic E-state index is 12.2. The molecule has 0 atom stereocenters. The molecule has 4 heteroatoms. The third kappa shape index (κ3) is 1.95. The molecule has 0 N–H and O–H groups in total. The lowest BCUT2D eigenvalue weighted by Gasteiger charge is -2.35. The Labute approximate surface area is 111 Å². The first-order valence-electron chi connectivity index (χ1n) is 5.70. The lowest BCUT2D eigenvalue weighted by atomic mass is 9.79. The van der Waals surface area contributed by atoms with Crippen LogP contribution in [0.5, 0.6) is 0 Å². The van der Waals surface area contributed by atoms with E-state index in [4.69, 9.17) is 0 Å². The number of hydrogen-bond donors (Lipinski definition) is 0. The smallest absolute Gasteiger partial charge is 0.178 e. The van der Waals surface area contributed by atoms with Gasteiger partial charge in [-0.15, -0.1) is 0 Å². The second-order valence-electron chi connectivity index (χ2n) is 5.46. The molecule has 1 aromatic carbocycles. The molecule has 0 saturated carbocycles. The topological polar surface area (TPSA) is 34.1 Å². The molecule has 2 nitrogen and oxygen atoms in total. The maximum atomic E-state index is 12.2. The van der Waals surface area contributed by atoms with Crippen LogP contribution < -0.4 is 0 Å². The number of halogens is 1. The Morgan fingerprint density at radius 3 is 2.47 bits per heavy atom. The Morgan fingerprint density at radius 1 is 1.29 bits per heavy atom. The van der Waals surface area contributed by atoms with Gasteiger partial charge in [-0.1, -0.05) is 29.8 Å². The summed E-state index contributed by atoms with van der Waals surface area (Å²) in [4.78, 5) is 0.564. The number of sulfone groups is 1. The Hall–Kier alpha value is -0.350. The molecule has 0 bridgehead atoms. The number of rotatable bonds is 0. The van der Waals surface area contributed by atoms with Gasteiger partial charge in [0.25, 0.3) is 0 Å². The van der Waals surface area contributed by atoms with Crippen molar-refractivity contribution in [2.45, 2.75) is 44.4 Å². The molecule has 0 unspecified atom stereocenters. The SMILES string of the molecule is Cc1cc(Br)c(C)c2c1S(=O)(=O)CCC2(C)C. The van der Waals surface area contributed by atoms with Gasteiger partial charge in [-0.25, -0.2) is 8.42 Å². The standard InChI is InChI=1S/C13H17BrO2S/c1-8-7-10(14)9(2)11-12(8)17(15,16)6-5-13(11,3)4/h7H,5-6H2,1-4H3. The highest BCUT2D eigenvalue weighted by atomic mass is 79.9. The molecule has 0 spiro atoms. The van der Waals surface area contributed by atoms with Gasteiger partial charge in [0, 0.05) is 4.47 Å². The van der Waals surface area contributed by atoms with Gasteiger partial charge in [0.15, 0.2) is 9.84 Å². The summed E-state index contributed by atoms with van der Waals surface area (Å²) in [6.07, 6.45) is 0.694. The number of aryl methyl sites for hydroxylation is 1. The van der Waals surface area contributed by atoms with Gasteiger partial charge in [0.05, 0.1) is 10.6 Å². The van der Waals surface area contributed by atoms with E-state index in [1.54, 1.807) is 0 Å². The van der Waals surface area contributed by atoms with E-state index in [0.717, 1.165) is 21.2 Å². The second-order valence-corrected chi connectivity index (χ2v) is 8.36. The first kappa shape index (κ1) is 13.1. The quantitative estimate of drug-likeness (QED) is 0.734. The average molecular weight is 317 g/mol. The van der Waals surface area contributed by atoms with Gasteiger partial charge < -0.3 is 0 Å². The second kappa shape index (κ2) is 3.82. The van der Waals surface area contributed by atoms with E-state index in [1.165, 1.54) is 0 Å². The molecule has 0 aliphatic carbocycles. The van der Waals surface area contributed by atoms with E-state index in [9.17, 15) is 8.42 Å². The minimum atomic E-state index is -3.10. The first-order chi connectivity index (χ1) is 7.67. The van der Waals surface area contributed by atoms with Crippen molar-refractivity contribution in [3.8, 4) is 0 Å². The summed E-state index contributed by atoms with van der Waals surface area (Å²) in [5.41, 5.74) is 2.83. The summed E-state index contributed by atoms with van der Waals surface area (Å²) in [5, 5.41) is 0. The number of benzene rings is 1. The zero-order valence-electron chi connectivity index (χ0n) is 10.6. The van der Waals surface area contributed by atoms with Crippen LogP contribution >= 0.6 is 15.9 Å². The van der Waals surface area contributed by atoms with Crippen LogP contribution in [0.15, 0.2) is 15.4 Å². The predicted octanol–water partition coefficient (Wildman–Crippen LogP) is 3.52. The van der Waals surface area contributed by atoms with Crippen LogP contribution in [0.1, 0.15) is 37.0 Å². The van der Waals surface area contributed by atoms with Crippen LogP contribution in [-0.4, -0.2) is 14.2 Å². The van der Waals surface area contributed by atoms with Gasteiger partial charge in [-0.05, 0) is 48.4 Å². The van der Waals surface area contributed by atoms with Crippen molar-refractivity contribution in [2.75, 3.05) is 5.75 Å². The van der Waals surface area contributed by atoms with Crippen LogP contribution in [-0.2, 0) is 15.3 Å². The fourth-order valence-electron chi connectivity index (χ4n) is 2.68. The Morgan fingerprint density at radius 2 is 1.88 bits per heavy atom. The Balaban J connectivity index is 2.95. The van der Waals surface area contributed by atoms with E-state index >= 15 is 0 Å². The highest BCUT2D eigenvalue weighted by Crippen LogP contribution is 2.43. The predicted molar refractivity (Wildman–Crippen MR) is 73.3 cm³/mol. The molecule has 94 valence electrons. The maximum Gasteiger partial charge on any atom is 0.178 e. The van der Waals surface area contributed by atoms with Crippen molar-refractivity contribution in [3.05, 3.63) is 27.2 Å². The van der Waals surface area contributed by atoms with E-state index in [0.29, 0.717) is 11.3 Å². The zero-order valence-corrected chi connectivity index (χ0v) is 13.0. The highest BCUT2D eigenvalue weighted by molar-refractivity contribution is 9.10. The van der Waals surface area contributed by atoms with Crippen molar-refractivity contribution in [1.82, 2.24) is 0 Å². The summed E-state index contributed by atoms with van der Waals surface area (Å²) in [7, 11) is -3.10. The summed E-state index contributed by atoms with van der Waals surface area (Å²) in [5.74, 6) is 0.259. The third-order valence-electron chi connectivity index (χ3n) is 3.65. The molecule has 1 aliphatic rings. The van der Waals surface area contributed by atoms with Gasteiger partial charge >= 0.3 is 0 Å². The highest BCUT2D eigenvalue weighted by Gasteiger charge is 2.38. The lowest BCUT2D eigenvalue weighted by molar-refractivity contribution is 0.468. The molecule has 0 saturated heterocycles.